The van der Waals surface area contributed by atoms with Gasteiger partial charge in [0.2, 0.25) is 0 Å². The number of nitrogens with one attached hydrogen (secondary N) is 1. The van der Waals surface area contributed by atoms with E-state index in [9.17, 15) is 4.79 Å². The third-order valence-corrected chi connectivity index (χ3v) is 3.69. The zero-order chi connectivity index (χ0) is 16.2. The number of anilines is 1. The standard InChI is InChI=1S/C19H20N2O2/c1-21(2)12-11-20-15-9-6-10-17-19(15)16(22)13-18(23-17)14-7-4-3-5-8-14/h3-10,13,20H,11-12H2,1-2H3. The summed E-state index contributed by atoms with van der Waals surface area (Å²) >= 11 is 0. The summed E-state index contributed by atoms with van der Waals surface area (Å²) in [6.45, 7) is 1.66. The SMILES string of the molecule is CN(C)CCNc1cccc2oc(-c3ccccc3)cc(=O)c12. The van der Waals surface area contributed by atoms with Crippen LogP contribution in [0.3, 0.4) is 0 Å². The van der Waals surface area contributed by atoms with E-state index in [1.807, 2.05) is 62.6 Å². The third kappa shape index (κ3) is 3.43. The topological polar surface area (TPSA) is 45.5 Å². The Labute approximate surface area is 135 Å². The molecule has 0 radical (unpaired) electrons. The van der Waals surface area contributed by atoms with Crippen molar-refractivity contribution < 1.29 is 4.42 Å². The number of nitrogens with zero attached hydrogens (tertiary/aromatic N) is 1. The molecule has 0 aliphatic heterocycles. The molecule has 0 fully saturated rings. The minimum Gasteiger partial charge on any atom is -0.456 e. The van der Waals surface area contributed by atoms with Crippen molar-refractivity contribution in [3.63, 3.8) is 0 Å². The smallest absolute Gasteiger partial charge is 0.195 e. The molecule has 3 rings (SSSR count). The van der Waals surface area contributed by atoms with Gasteiger partial charge >= 0.3 is 0 Å². The van der Waals surface area contributed by atoms with Crippen molar-refractivity contribution in [2.24, 2.45) is 0 Å². The number of hydrogen-bond acceptors (Lipinski definition) is 4. The molecule has 0 atom stereocenters. The summed E-state index contributed by atoms with van der Waals surface area (Å²) in [6.07, 6.45) is 0. The van der Waals surface area contributed by atoms with Crippen molar-refractivity contribution in [1.82, 2.24) is 4.90 Å². The molecule has 2 aromatic carbocycles. The van der Waals surface area contributed by atoms with Crippen LogP contribution in [0.5, 0.6) is 0 Å². The van der Waals surface area contributed by atoms with E-state index < -0.39 is 0 Å². The Morgan fingerprint density at radius 1 is 1.04 bits per heavy atom. The molecule has 1 heterocycles. The molecule has 0 bridgehead atoms. The highest BCUT2D eigenvalue weighted by atomic mass is 16.3. The number of benzene rings is 2. The van der Waals surface area contributed by atoms with Gasteiger partial charge in [0.15, 0.2) is 5.43 Å². The van der Waals surface area contributed by atoms with Gasteiger partial charge in [0, 0.05) is 30.4 Å². The maximum absolute atomic E-state index is 12.6. The van der Waals surface area contributed by atoms with Crippen molar-refractivity contribution in [1.29, 1.82) is 0 Å². The first-order valence-electron chi connectivity index (χ1n) is 7.66. The van der Waals surface area contributed by atoms with Gasteiger partial charge in [-0.05, 0) is 26.2 Å². The summed E-state index contributed by atoms with van der Waals surface area (Å²) in [5.41, 5.74) is 2.29. The molecule has 0 amide bonds. The highest BCUT2D eigenvalue weighted by Crippen LogP contribution is 2.25. The Hall–Kier alpha value is -2.59. The second-order valence-electron chi connectivity index (χ2n) is 5.75. The molecule has 0 aliphatic carbocycles. The lowest BCUT2D eigenvalue weighted by molar-refractivity contribution is 0.425. The molecular weight excluding hydrogens is 288 g/mol. The minimum atomic E-state index is -0.0296. The van der Waals surface area contributed by atoms with Gasteiger partial charge in [0.1, 0.15) is 11.3 Å². The van der Waals surface area contributed by atoms with Crippen molar-refractivity contribution in [3.05, 3.63) is 64.8 Å². The van der Waals surface area contributed by atoms with Crippen molar-refractivity contribution >= 4 is 16.7 Å². The molecule has 0 aliphatic rings. The molecular formula is C19H20N2O2. The maximum Gasteiger partial charge on any atom is 0.195 e. The number of fused-ring (bicyclic) bond motifs is 1. The van der Waals surface area contributed by atoms with Gasteiger partial charge in [-0.25, -0.2) is 0 Å². The van der Waals surface area contributed by atoms with Crippen molar-refractivity contribution in [2.75, 3.05) is 32.5 Å². The van der Waals surface area contributed by atoms with Crippen LogP contribution >= 0.6 is 0 Å². The first kappa shape index (κ1) is 15.3. The quantitative estimate of drug-likeness (QED) is 0.784. The Bertz CT molecular complexity index is 854. The molecule has 0 saturated carbocycles. The Balaban J connectivity index is 2.01. The van der Waals surface area contributed by atoms with E-state index in [0.29, 0.717) is 16.7 Å². The third-order valence-electron chi connectivity index (χ3n) is 3.69. The second-order valence-corrected chi connectivity index (χ2v) is 5.75. The monoisotopic (exact) mass is 308 g/mol. The Morgan fingerprint density at radius 2 is 1.83 bits per heavy atom. The summed E-state index contributed by atoms with van der Waals surface area (Å²) < 4.78 is 5.95. The summed E-state index contributed by atoms with van der Waals surface area (Å²) in [5, 5.41) is 3.92. The first-order valence-corrected chi connectivity index (χ1v) is 7.66. The van der Waals surface area contributed by atoms with Crippen molar-refractivity contribution in [3.8, 4) is 11.3 Å². The van der Waals surface area contributed by atoms with Crippen molar-refractivity contribution in [2.45, 2.75) is 0 Å². The van der Waals surface area contributed by atoms with Crippen LogP contribution in [0.15, 0.2) is 63.8 Å². The van der Waals surface area contributed by atoms with E-state index >= 15 is 0 Å². The molecule has 4 nitrogen and oxygen atoms in total. The average Bonchev–Trinajstić information content (AvgIpc) is 2.55. The van der Waals surface area contributed by atoms with Crippen LogP contribution in [0.1, 0.15) is 0 Å². The van der Waals surface area contributed by atoms with Crippen LogP contribution in [0.2, 0.25) is 0 Å². The summed E-state index contributed by atoms with van der Waals surface area (Å²) in [5.74, 6) is 0.591. The average molecular weight is 308 g/mol. The lowest BCUT2D eigenvalue weighted by Gasteiger charge is -2.13. The fourth-order valence-electron chi connectivity index (χ4n) is 2.52. The van der Waals surface area contributed by atoms with E-state index in [1.165, 1.54) is 0 Å². The van der Waals surface area contributed by atoms with E-state index in [4.69, 9.17) is 4.42 Å². The normalized spacial score (nSPS) is 11.1. The van der Waals surface area contributed by atoms with Crippen LogP contribution in [0.4, 0.5) is 5.69 Å². The molecule has 118 valence electrons. The van der Waals surface area contributed by atoms with Gasteiger partial charge in [-0.15, -0.1) is 0 Å². The van der Waals surface area contributed by atoms with Gasteiger partial charge in [-0.3, -0.25) is 4.79 Å². The number of rotatable bonds is 5. The fraction of sp³-hybridized carbons (Fsp3) is 0.211. The molecule has 0 spiro atoms. The van der Waals surface area contributed by atoms with Crippen LogP contribution < -0.4 is 10.7 Å². The largest absolute Gasteiger partial charge is 0.456 e. The fourth-order valence-corrected chi connectivity index (χ4v) is 2.52. The van der Waals surface area contributed by atoms with Crippen LogP contribution in [-0.4, -0.2) is 32.1 Å². The molecule has 1 aromatic heterocycles. The molecule has 3 aromatic rings. The predicted octanol–water partition coefficient (Wildman–Crippen LogP) is 3.43. The van der Waals surface area contributed by atoms with E-state index in [0.717, 1.165) is 24.3 Å². The van der Waals surface area contributed by atoms with Crippen LogP contribution in [0.25, 0.3) is 22.3 Å². The lowest BCUT2D eigenvalue weighted by atomic mass is 10.1. The van der Waals surface area contributed by atoms with Gasteiger partial charge < -0.3 is 14.6 Å². The van der Waals surface area contributed by atoms with E-state index in [2.05, 4.69) is 10.2 Å². The second kappa shape index (κ2) is 6.67. The van der Waals surface area contributed by atoms with Gasteiger partial charge in [0.05, 0.1) is 5.39 Å². The molecule has 0 unspecified atom stereocenters. The molecule has 23 heavy (non-hydrogen) atoms. The Morgan fingerprint density at radius 3 is 2.57 bits per heavy atom. The van der Waals surface area contributed by atoms with Crippen LogP contribution in [0, 0.1) is 0 Å². The summed E-state index contributed by atoms with van der Waals surface area (Å²) in [6, 6.07) is 16.9. The highest BCUT2D eigenvalue weighted by molar-refractivity contribution is 5.90. The maximum atomic E-state index is 12.6. The molecule has 0 saturated heterocycles. The van der Waals surface area contributed by atoms with Gasteiger partial charge in [-0.1, -0.05) is 36.4 Å². The Kier molecular flexibility index (Phi) is 4.44. The molecule has 4 heteroatoms. The molecule has 1 N–H and O–H groups in total. The van der Waals surface area contributed by atoms with E-state index in [1.54, 1.807) is 6.07 Å². The summed E-state index contributed by atoms with van der Waals surface area (Å²) in [7, 11) is 4.04. The highest BCUT2D eigenvalue weighted by Gasteiger charge is 2.10. The van der Waals surface area contributed by atoms with Gasteiger partial charge in [-0.2, -0.15) is 0 Å². The zero-order valence-electron chi connectivity index (χ0n) is 13.4. The predicted molar refractivity (Wildman–Crippen MR) is 95.0 cm³/mol. The number of likely N-dealkylation sites (N-methyl/N-ethyl adjacent to an activating group) is 1. The lowest BCUT2D eigenvalue weighted by Crippen LogP contribution is -2.21. The van der Waals surface area contributed by atoms with E-state index in [-0.39, 0.29) is 5.43 Å². The zero-order valence-corrected chi connectivity index (χ0v) is 13.4. The van der Waals surface area contributed by atoms with Gasteiger partial charge in [0.25, 0.3) is 0 Å². The number of hydrogen-bond donors (Lipinski definition) is 1. The van der Waals surface area contributed by atoms with Crippen LogP contribution in [-0.2, 0) is 0 Å². The minimum absolute atomic E-state index is 0.0296. The summed E-state index contributed by atoms with van der Waals surface area (Å²) in [4.78, 5) is 14.7. The first-order chi connectivity index (χ1) is 11.1.